The van der Waals surface area contributed by atoms with Crippen molar-refractivity contribution in [1.29, 1.82) is 0 Å². The van der Waals surface area contributed by atoms with Gasteiger partial charge in [0.1, 0.15) is 6.04 Å². The molecule has 2 N–H and O–H groups in total. The molecule has 0 spiro atoms. The Morgan fingerprint density at radius 2 is 1.86 bits per heavy atom. The number of hydrogen-bond donors (Lipinski definition) is 2. The Kier molecular flexibility index (Phi) is 4.50. The first-order valence-electron chi connectivity index (χ1n) is 6.64. The summed E-state index contributed by atoms with van der Waals surface area (Å²) >= 11 is 0. The van der Waals surface area contributed by atoms with Gasteiger partial charge in [-0.15, -0.1) is 0 Å². The summed E-state index contributed by atoms with van der Waals surface area (Å²) in [6, 6.07) is 3.27. The van der Waals surface area contributed by atoms with Crippen molar-refractivity contribution in [2.45, 2.75) is 31.5 Å². The number of hydrogen-bond acceptors (Lipinski definition) is 2. The number of carbonyl (C=O) groups is 2. The molecule has 0 aliphatic carbocycles. The van der Waals surface area contributed by atoms with Crippen molar-refractivity contribution >= 4 is 11.8 Å². The molecule has 0 saturated carbocycles. The van der Waals surface area contributed by atoms with E-state index in [0.717, 1.165) is 37.1 Å². The second kappa shape index (κ2) is 6.15. The van der Waals surface area contributed by atoms with Crippen LogP contribution in [0.5, 0.6) is 0 Å². The van der Waals surface area contributed by atoms with Crippen LogP contribution in [-0.4, -0.2) is 24.4 Å². The third-order valence-electron chi connectivity index (χ3n) is 3.32. The van der Waals surface area contributed by atoms with E-state index < -0.39 is 23.7 Å². The molecule has 1 aromatic carbocycles. The summed E-state index contributed by atoms with van der Waals surface area (Å²) in [6.07, 6.45) is -2.26. The lowest BCUT2D eigenvalue weighted by Crippen LogP contribution is -2.45. The van der Waals surface area contributed by atoms with Crippen molar-refractivity contribution in [3.63, 3.8) is 0 Å². The van der Waals surface area contributed by atoms with E-state index in [2.05, 4.69) is 10.6 Å². The largest absolute Gasteiger partial charge is 0.416 e. The van der Waals surface area contributed by atoms with Crippen molar-refractivity contribution in [3.05, 3.63) is 35.4 Å². The fourth-order valence-electron chi connectivity index (χ4n) is 2.13. The average molecular weight is 300 g/mol. The van der Waals surface area contributed by atoms with Crippen LogP contribution < -0.4 is 10.6 Å². The number of rotatable bonds is 2. The van der Waals surface area contributed by atoms with Gasteiger partial charge in [-0.1, -0.05) is 0 Å². The van der Waals surface area contributed by atoms with Gasteiger partial charge in [0.25, 0.3) is 5.91 Å². The maximum Gasteiger partial charge on any atom is 0.416 e. The van der Waals surface area contributed by atoms with Crippen LogP contribution in [0.25, 0.3) is 0 Å². The number of alkyl halides is 3. The van der Waals surface area contributed by atoms with E-state index in [1.54, 1.807) is 0 Å². The Hall–Kier alpha value is -2.05. The molecule has 1 aliphatic heterocycles. The fourth-order valence-corrected chi connectivity index (χ4v) is 2.13. The van der Waals surface area contributed by atoms with Gasteiger partial charge in [-0.2, -0.15) is 13.2 Å². The normalized spacial score (nSPS) is 19.6. The molecule has 4 nitrogen and oxygen atoms in total. The molecule has 21 heavy (non-hydrogen) atoms. The quantitative estimate of drug-likeness (QED) is 0.879. The molecule has 1 fully saturated rings. The zero-order chi connectivity index (χ0) is 15.5. The van der Waals surface area contributed by atoms with Crippen molar-refractivity contribution in [1.82, 2.24) is 10.6 Å². The molecule has 1 heterocycles. The molecule has 0 aromatic heterocycles. The minimum absolute atomic E-state index is 0.0973. The smallest absolute Gasteiger partial charge is 0.354 e. The number of halogens is 3. The molecule has 1 aliphatic rings. The van der Waals surface area contributed by atoms with Gasteiger partial charge in [-0.05, 0) is 43.5 Å². The first kappa shape index (κ1) is 15.3. The second-order valence-electron chi connectivity index (χ2n) is 4.89. The van der Waals surface area contributed by atoms with Crippen LogP contribution in [-0.2, 0) is 11.0 Å². The molecule has 0 radical (unpaired) electrons. The van der Waals surface area contributed by atoms with Gasteiger partial charge in [-0.25, -0.2) is 0 Å². The Morgan fingerprint density at radius 3 is 2.48 bits per heavy atom. The van der Waals surface area contributed by atoms with Crippen molar-refractivity contribution in [2.75, 3.05) is 6.54 Å². The maximum absolute atomic E-state index is 12.4. The van der Waals surface area contributed by atoms with Crippen LogP contribution >= 0.6 is 0 Å². The highest BCUT2D eigenvalue weighted by atomic mass is 19.4. The Bertz CT molecular complexity index is 526. The average Bonchev–Trinajstić information content (AvgIpc) is 2.63. The molecule has 7 heteroatoms. The molecule has 1 atom stereocenters. The SMILES string of the molecule is O=C(NC1CCCCNC1=O)c1ccc(C(F)(F)F)cc1. The topological polar surface area (TPSA) is 58.2 Å². The van der Waals surface area contributed by atoms with Crippen molar-refractivity contribution < 1.29 is 22.8 Å². The Morgan fingerprint density at radius 1 is 1.19 bits per heavy atom. The monoisotopic (exact) mass is 300 g/mol. The number of amides is 2. The number of benzene rings is 1. The highest BCUT2D eigenvalue weighted by Gasteiger charge is 2.30. The zero-order valence-electron chi connectivity index (χ0n) is 11.2. The first-order valence-corrected chi connectivity index (χ1v) is 6.64. The molecule has 1 saturated heterocycles. The van der Waals surface area contributed by atoms with E-state index in [1.165, 1.54) is 0 Å². The van der Waals surface area contributed by atoms with Crippen LogP contribution in [0.1, 0.15) is 35.2 Å². The lowest BCUT2D eigenvalue weighted by Gasteiger charge is -2.15. The van der Waals surface area contributed by atoms with Crippen LogP contribution in [0.15, 0.2) is 24.3 Å². The summed E-state index contributed by atoms with van der Waals surface area (Å²) in [5, 5.41) is 5.23. The molecule has 2 amide bonds. The summed E-state index contributed by atoms with van der Waals surface area (Å²) in [6.45, 7) is 0.575. The first-order chi connectivity index (χ1) is 9.88. The lowest BCUT2D eigenvalue weighted by molar-refractivity contribution is -0.137. The van der Waals surface area contributed by atoms with E-state index in [4.69, 9.17) is 0 Å². The van der Waals surface area contributed by atoms with Crippen LogP contribution in [0.4, 0.5) is 13.2 Å². The fraction of sp³-hybridized carbons (Fsp3) is 0.429. The van der Waals surface area contributed by atoms with Crippen molar-refractivity contribution in [2.24, 2.45) is 0 Å². The maximum atomic E-state index is 12.4. The van der Waals surface area contributed by atoms with E-state index in [0.29, 0.717) is 13.0 Å². The molecular formula is C14H15F3N2O2. The van der Waals surface area contributed by atoms with E-state index in [9.17, 15) is 22.8 Å². The van der Waals surface area contributed by atoms with Crippen molar-refractivity contribution in [3.8, 4) is 0 Å². The summed E-state index contributed by atoms with van der Waals surface area (Å²) in [5.41, 5.74) is -0.716. The highest BCUT2D eigenvalue weighted by molar-refractivity contribution is 5.97. The van der Waals surface area contributed by atoms with E-state index >= 15 is 0 Å². The predicted molar refractivity (Wildman–Crippen MR) is 69.6 cm³/mol. The zero-order valence-corrected chi connectivity index (χ0v) is 11.2. The van der Waals surface area contributed by atoms with Crippen LogP contribution in [0, 0.1) is 0 Å². The number of nitrogens with one attached hydrogen (secondary N) is 2. The Balaban J connectivity index is 2.04. The minimum Gasteiger partial charge on any atom is -0.354 e. The predicted octanol–water partition coefficient (Wildman–Crippen LogP) is 2.10. The molecule has 1 aromatic rings. The molecule has 0 bridgehead atoms. The van der Waals surface area contributed by atoms with Crippen LogP contribution in [0.2, 0.25) is 0 Å². The Labute approximate surface area is 119 Å². The summed E-state index contributed by atoms with van der Waals surface area (Å²) in [5.74, 6) is -0.807. The third-order valence-corrected chi connectivity index (χ3v) is 3.32. The molecular weight excluding hydrogens is 285 g/mol. The summed E-state index contributed by atoms with van der Waals surface area (Å²) in [4.78, 5) is 23.7. The lowest BCUT2D eigenvalue weighted by atomic mass is 10.1. The minimum atomic E-state index is -4.43. The van der Waals surface area contributed by atoms with E-state index in [1.807, 2.05) is 0 Å². The second-order valence-corrected chi connectivity index (χ2v) is 4.89. The van der Waals surface area contributed by atoms with Gasteiger partial charge in [0.15, 0.2) is 0 Å². The number of carbonyl (C=O) groups excluding carboxylic acids is 2. The standard InChI is InChI=1S/C14H15F3N2O2/c15-14(16,17)10-6-4-9(5-7-10)12(20)19-11-3-1-2-8-18-13(11)21/h4-7,11H,1-3,8H2,(H,18,21)(H,19,20). The molecule has 2 rings (SSSR count). The van der Waals surface area contributed by atoms with E-state index in [-0.39, 0.29) is 11.5 Å². The third kappa shape index (κ3) is 3.96. The van der Waals surface area contributed by atoms with Crippen LogP contribution in [0.3, 0.4) is 0 Å². The van der Waals surface area contributed by atoms with Gasteiger partial charge >= 0.3 is 6.18 Å². The highest BCUT2D eigenvalue weighted by Crippen LogP contribution is 2.29. The molecule has 114 valence electrons. The molecule has 1 unspecified atom stereocenters. The summed E-state index contributed by atoms with van der Waals surface area (Å²) in [7, 11) is 0. The van der Waals surface area contributed by atoms with Gasteiger partial charge in [0, 0.05) is 12.1 Å². The summed E-state index contributed by atoms with van der Waals surface area (Å²) < 4.78 is 37.3. The van der Waals surface area contributed by atoms with Gasteiger partial charge in [0.2, 0.25) is 5.91 Å². The van der Waals surface area contributed by atoms with Gasteiger partial charge < -0.3 is 10.6 Å². The van der Waals surface area contributed by atoms with Gasteiger partial charge in [0.05, 0.1) is 5.56 Å². The van der Waals surface area contributed by atoms with Gasteiger partial charge in [-0.3, -0.25) is 9.59 Å².